The number of nitrogens with zero attached hydrogens (tertiary/aromatic N) is 5. The minimum absolute atomic E-state index is 0.235. The van der Waals surface area contributed by atoms with E-state index in [1.165, 1.54) is 0 Å². The van der Waals surface area contributed by atoms with Crippen LogP contribution in [0.25, 0.3) is 0 Å². The molecule has 5 heteroatoms. The van der Waals surface area contributed by atoms with Crippen molar-refractivity contribution >= 4 is 0 Å². The van der Waals surface area contributed by atoms with Crippen molar-refractivity contribution in [2.75, 3.05) is 0 Å². The van der Waals surface area contributed by atoms with Crippen LogP contribution in [0, 0.1) is 11.3 Å². The molecular weight excluding hydrogens is 166 g/mol. The van der Waals surface area contributed by atoms with Gasteiger partial charge >= 0.3 is 0 Å². The average Bonchev–Trinajstić information content (AvgIpc) is 2.57. The van der Waals surface area contributed by atoms with Gasteiger partial charge in [0.25, 0.3) is 0 Å². The van der Waals surface area contributed by atoms with Crippen molar-refractivity contribution in [2.24, 2.45) is 0 Å². The van der Waals surface area contributed by atoms with Crippen molar-refractivity contribution in [3.63, 3.8) is 0 Å². The first-order chi connectivity index (χ1) is 6.33. The number of aromatic nitrogens is 4. The number of hydrogen-bond donors (Lipinski definition) is 0. The molecule has 0 bridgehead atoms. The summed E-state index contributed by atoms with van der Waals surface area (Å²) in [5.41, 5.74) is 0. The van der Waals surface area contributed by atoms with Crippen molar-refractivity contribution in [3.05, 3.63) is 5.82 Å². The third-order valence-electron chi connectivity index (χ3n) is 2.13. The molecule has 1 heterocycles. The van der Waals surface area contributed by atoms with E-state index in [2.05, 4.69) is 29.4 Å². The van der Waals surface area contributed by atoms with Gasteiger partial charge in [0.15, 0.2) is 5.82 Å². The maximum absolute atomic E-state index is 8.52. The quantitative estimate of drug-likeness (QED) is 0.694. The van der Waals surface area contributed by atoms with E-state index in [-0.39, 0.29) is 6.54 Å². The van der Waals surface area contributed by atoms with Gasteiger partial charge in [-0.1, -0.05) is 13.8 Å². The highest BCUT2D eigenvalue weighted by molar-refractivity contribution is 4.94. The second kappa shape index (κ2) is 4.55. The van der Waals surface area contributed by atoms with Gasteiger partial charge in [0, 0.05) is 5.92 Å². The largest absolute Gasteiger partial charge is 0.215 e. The third kappa shape index (κ3) is 2.02. The van der Waals surface area contributed by atoms with Crippen LogP contribution >= 0.6 is 0 Å². The predicted octanol–water partition coefficient (Wildman–Crippen LogP) is 1.10. The lowest BCUT2D eigenvalue weighted by atomic mass is 10.0. The smallest absolute Gasteiger partial charge is 0.155 e. The summed E-state index contributed by atoms with van der Waals surface area (Å²) >= 11 is 0. The molecule has 0 radical (unpaired) electrons. The van der Waals surface area contributed by atoms with Gasteiger partial charge in [-0.05, 0) is 23.3 Å². The normalized spacial score (nSPS) is 10.3. The Labute approximate surface area is 77.4 Å². The molecule has 0 aliphatic carbocycles. The third-order valence-corrected chi connectivity index (χ3v) is 2.13. The van der Waals surface area contributed by atoms with Gasteiger partial charge in [-0.15, -0.1) is 5.10 Å². The molecule has 13 heavy (non-hydrogen) atoms. The topological polar surface area (TPSA) is 67.4 Å². The maximum atomic E-state index is 8.52. The van der Waals surface area contributed by atoms with E-state index in [0.717, 1.165) is 18.7 Å². The predicted molar refractivity (Wildman–Crippen MR) is 46.8 cm³/mol. The van der Waals surface area contributed by atoms with Gasteiger partial charge < -0.3 is 0 Å². The molecule has 0 N–H and O–H groups in total. The Kier molecular flexibility index (Phi) is 3.38. The molecule has 0 spiro atoms. The highest BCUT2D eigenvalue weighted by atomic mass is 15.5. The lowest BCUT2D eigenvalue weighted by Gasteiger charge is -2.09. The molecule has 0 saturated carbocycles. The van der Waals surface area contributed by atoms with Crippen LogP contribution in [-0.4, -0.2) is 20.2 Å². The van der Waals surface area contributed by atoms with Crippen LogP contribution in [0.15, 0.2) is 0 Å². The van der Waals surface area contributed by atoms with E-state index >= 15 is 0 Å². The second-order valence-corrected chi connectivity index (χ2v) is 2.87. The van der Waals surface area contributed by atoms with Crippen LogP contribution in [0.3, 0.4) is 0 Å². The zero-order valence-electron chi connectivity index (χ0n) is 7.93. The molecule has 0 amide bonds. The number of rotatable bonds is 4. The molecule has 5 nitrogen and oxygen atoms in total. The first-order valence-corrected chi connectivity index (χ1v) is 4.46. The van der Waals surface area contributed by atoms with Crippen LogP contribution in [0.1, 0.15) is 38.4 Å². The Hall–Kier alpha value is -1.44. The Morgan fingerprint density at radius 3 is 2.69 bits per heavy atom. The van der Waals surface area contributed by atoms with E-state index in [1.54, 1.807) is 4.68 Å². The van der Waals surface area contributed by atoms with Crippen LogP contribution in [0.2, 0.25) is 0 Å². The van der Waals surface area contributed by atoms with Gasteiger partial charge in [-0.25, -0.2) is 4.68 Å². The second-order valence-electron chi connectivity index (χ2n) is 2.87. The molecule has 70 valence electrons. The lowest BCUT2D eigenvalue weighted by molar-refractivity contribution is 0.543. The summed E-state index contributed by atoms with van der Waals surface area (Å²) < 4.78 is 1.57. The van der Waals surface area contributed by atoms with E-state index in [1.807, 2.05) is 6.07 Å². The molecule has 1 rings (SSSR count). The van der Waals surface area contributed by atoms with E-state index < -0.39 is 0 Å². The first-order valence-electron chi connectivity index (χ1n) is 4.46. The van der Waals surface area contributed by atoms with Crippen molar-refractivity contribution in [1.29, 1.82) is 5.26 Å². The number of nitriles is 1. The van der Waals surface area contributed by atoms with Gasteiger partial charge in [-0.3, -0.25) is 0 Å². The SMILES string of the molecule is CCC(CC)c1nnnn1CC#N. The summed E-state index contributed by atoms with van der Waals surface area (Å²) in [6.45, 7) is 4.43. The number of hydrogen-bond acceptors (Lipinski definition) is 4. The molecule has 0 atom stereocenters. The Bertz CT molecular complexity index is 294. The van der Waals surface area contributed by atoms with Gasteiger partial charge in [-0.2, -0.15) is 5.26 Å². The minimum atomic E-state index is 0.235. The van der Waals surface area contributed by atoms with Crippen molar-refractivity contribution in [3.8, 4) is 6.07 Å². The minimum Gasteiger partial charge on any atom is -0.215 e. The monoisotopic (exact) mass is 179 g/mol. The Balaban J connectivity index is 2.86. The van der Waals surface area contributed by atoms with Crippen LogP contribution in [0.4, 0.5) is 0 Å². The van der Waals surface area contributed by atoms with Crippen molar-refractivity contribution in [1.82, 2.24) is 20.2 Å². The van der Waals surface area contributed by atoms with Crippen LogP contribution in [0.5, 0.6) is 0 Å². The zero-order chi connectivity index (χ0) is 9.68. The Morgan fingerprint density at radius 2 is 2.15 bits per heavy atom. The fourth-order valence-electron chi connectivity index (χ4n) is 1.34. The maximum Gasteiger partial charge on any atom is 0.155 e. The standard InChI is InChI=1S/C8H13N5/c1-3-7(4-2)8-10-11-12-13(8)6-5-9/h7H,3-4,6H2,1-2H3. The van der Waals surface area contributed by atoms with E-state index in [9.17, 15) is 0 Å². The molecule has 0 aliphatic rings. The molecule has 1 aromatic heterocycles. The van der Waals surface area contributed by atoms with E-state index in [0.29, 0.717) is 5.92 Å². The molecular formula is C8H13N5. The zero-order valence-corrected chi connectivity index (χ0v) is 7.93. The van der Waals surface area contributed by atoms with Gasteiger partial charge in [0.05, 0.1) is 6.07 Å². The Morgan fingerprint density at radius 1 is 1.46 bits per heavy atom. The molecule has 1 aromatic rings. The summed E-state index contributed by atoms with van der Waals surface area (Å²) in [5.74, 6) is 1.19. The molecule has 0 unspecified atom stereocenters. The average molecular weight is 179 g/mol. The van der Waals surface area contributed by atoms with Crippen LogP contribution < -0.4 is 0 Å². The number of tetrazole rings is 1. The highest BCUT2D eigenvalue weighted by Crippen LogP contribution is 2.19. The molecule has 0 fully saturated rings. The van der Waals surface area contributed by atoms with Crippen LogP contribution in [-0.2, 0) is 6.54 Å². The summed E-state index contributed by atoms with van der Waals surface area (Å²) in [6.07, 6.45) is 2.00. The molecule has 0 saturated heterocycles. The summed E-state index contributed by atoms with van der Waals surface area (Å²) in [6, 6.07) is 2.03. The van der Waals surface area contributed by atoms with Gasteiger partial charge in [0.1, 0.15) is 6.54 Å². The highest BCUT2D eigenvalue weighted by Gasteiger charge is 2.14. The van der Waals surface area contributed by atoms with Gasteiger partial charge in [0.2, 0.25) is 0 Å². The molecule has 0 aromatic carbocycles. The van der Waals surface area contributed by atoms with E-state index in [4.69, 9.17) is 5.26 Å². The summed E-state index contributed by atoms with van der Waals surface area (Å²) in [7, 11) is 0. The molecule has 0 aliphatic heterocycles. The van der Waals surface area contributed by atoms with Crippen molar-refractivity contribution < 1.29 is 0 Å². The fourth-order valence-corrected chi connectivity index (χ4v) is 1.34. The fraction of sp³-hybridized carbons (Fsp3) is 0.750. The summed E-state index contributed by atoms with van der Waals surface area (Å²) in [5, 5.41) is 19.8. The first kappa shape index (κ1) is 9.65. The van der Waals surface area contributed by atoms with Crippen molar-refractivity contribution in [2.45, 2.75) is 39.2 Å². The lowest BCUT2D eigenvalue weighted by Crippen LogP contribution is -2.09. The summed E-state index contributed by atoms with van der Waals surface area (Å²) in [4.78, 5) is 0.